The number of nitrogens with zero attached hydrogens (tertiary/aromatic N) is 4. The third-order valence-corrected chi connectivity index (χ3v) is 17.8. The molecule has 4 heteroatoms. The van der Waals surface area contributed by atoms with Crippen molar-refractivity contribution in [1.82, 2.24) is 0 Å². The third kappa shape index (κ3) is 10.6. The van der Waals surface area contributed by atoms with Crippen LogP contribution in [0.2, 0.25) is 0 Å². The molecule has 0 N–H and O–H groups in total. The van der Waals surface area contributed by atoms with Crippen LogP contribution in [0, 0.1) is 0 Å². The summed E-state index contributed by atoms with van der Waals surface area (Å²) in [7, 11) is 0. The zero-order valence-electron chi connectivity index (χ0n) is 50.6. The van der Waals surface area contributed by atoms with Crippen LogP contribution in [0.4, 0.5) is 68.2 Å². The molecule has 0 unspecified atom stereocenters. The first-order chi connectivity index (χ1) is 45.6. The van der Waals surface area contributed by atoms with Gasteiger partial charge in [0.15, 0.2) is 0 Å². The monoisotopic (exact) mass is 1170 g/mol. The number of hydrogen-bond donors (Lipinski definition) is 0. The minimum Gasteiger partial charge on any atom is -0.310 e. The van der Waals surface area contributed by atoms with E-state index in [-0.39, 0.29) is 0 Å². The molecule has 0 aromatic heterocycles. The number of hydrogen-bond acceptors (Lipinski definition) is 4. The molecule has 0 saturated carbocycles. The molecule has 0 heterocycles. The Morgan fingerprint density at radius 3 is 0.489 bits per heavy atom. The van der Waals surface area contributed by atoms with E-state index >= 15 is 0 Å². The number of fused-ring (bicyclic) bond motifs is 4. The molecule has 434 valence electrons. The normalized spacial score (nSPS) is 11.3. The van der Waals surface area contributed by atoms with Gasteiger partial charge in [0, 0.05) is 67.0 Å². The molecular weight excluding hydrogens is 1110 g/mol. The summed E-state index contributed by atoms with van der Waals surface area (Å²) in [6.45, 7) is 0. The van der Waals surface area contributed by atoms with Crippen molar-refractivity contribution < 1.29 is 0 Å². The molecule has 0 aliphatic heterocycles. The average Bonchev–Trinajstić information content (AvgIpc) is 0.915. The van der Waals surface area contributed by atoms with E-state index in [1.54, 1.807) is 0 Å². The van der Waals surface area contributed by atoms with Crippen LogP contribution >= 0.6 is 0 Å². The highest BCUT2D eigenvalue weighted by Crippen LogP contribution is 2.46. The summed E-state index contributed by atoms with van der Waals surface area (Å²) >= 11 is 0. The van der Waals surface area contributed by atoms with Crippen molar-refractivity contribution in [3.05, 3.63) is 376 Å². The molecule has 0 atom stereocenters. The van der Waals surface area contributed by atoms with Gasteiger partial charge in [-0.3, -0.25) is 0 Å². The Morgan fingerprint density at radius 1 is 0.120 bits per heavy atom. The molecule has 0 fully saturated rings. The van der Waals surface area contributed by atoms with E-state index in [1.165, 1.54) is 43.1 Å². The zero-order chi connectivity index (χ0) is 61.2. The first kappa shape index (κ1) is 55.1. The van der Waals surface area contributed by atoms with Crippen molar-refractivity contribution in [2.75, 3.05) is 19.6 Å². The lowest BCUT2D eigenvalue weighted by atomic mass is 10.0. The number of para-hydroxylation sites is 2. The van der Waals surface area contributed by atoms with Gasteiger partial charge in [-0.1, -0.05) is 255 Å². The topological polar surface area (TPSA) is 13.0 Å². The molecule has 0 spiro atoms. The molecular formula is C88H62N4. The maximum Gasteiger partial charge on any atom is 0.0540 e. The molecule has 0 saturated heterocycles. The maximum atomic E-state index is 2.39. The van der Waals surface area contributed by atoms with Gasteiger partial charge in [0.2, 0.25) is 0 Å². The second kappa shape index (κ2) is 24.4. The quantitative estimate of drug-likeness (QED) is 0.101. The second-order valence-corrected chi connectivity index (χ2v) is 23.3. The Morgan fingerprint density at radius 2 is 0.283 bits per heavy atom. The van der Waals surface area contributed by atoms with Gasteiger partial charge in [-0.2, -0.15) is 0 Å². The number of anilines is 12. The Bertz CT molecular complexity index is 4890. The third-order valence-electron chi connectivity index (χ3n) is 17.8. The number of benzene rings is 16. The highest BCUT2D eigenvalue weighted by Gasteiger charge is 2.21. The van der Waals surface area contributed by atoms with E-state index in [9.17, 15) is 0 Å². The maximum absolute atomic E-state index is 2.39. The minimum absolute atomic E-state index is 1.07. The van der Waals surface area contributed by atoms with Crippen LogP contribution in [0.5, 0.6) is 0 Å². The van der Waals surface area contributed by atoms with Crippen molar-refractivity contribution in [3.63, 3.8) is 0 Å². The van der Waals surface area contributed by atoms with Crippen LogP contribution < -0.4 is 19.6 Å². The standard InChI is InChI=1S/C88H62N4/c1-3-27-73(28-4-1)89(85-35-15-23-69-19-7-11-31-81(69)85)75-51-39-63(40-52-75)65-43-55-77(56-44-65)91(87-37-17-25-71-21-9-13-33-83(71)87)79-59-47-67(48-60-79)68-49-61-80(62-50-68)92(88-38-18-26-72-22-10-14-34-84(72)88)78-57-45-66(46-58-78)64-41-53-76(54-42-64)90(74-29-5-2-6-30-74)86-36-16-24-70-20-8-12-32-82(70)86/h1-62H. The van der Waals surface area contributed by atoms with Crippen LogP contribution in [0.25, 0.3) is 76.5 Å². The van der Waals surface area contributed by atoms with Gasteiger partial charge in [0.05, 0.1) is 22.7 Å². The van der Waals surface area contributed by atoms with Crippen molar-refractivity contribution >= 4 is 111 Å². The largest absolute Gasteiger partial charge is 0.310 e. The molecule has 0 aliphatic carbocycles. The zero-order valence-corrected chi connectivity index (χ0v) is 50.6. The van der Waals surface area contributed by atoms with E-state index in [4.69, 9.17) is 0 Å². The van der Waals surface area contributed by atoms with Gasteiger partial charge in [-0.25, -0.2) is 0 Å². The van der Waals surface area contributed by atoms with Crippen LogP contribution in [0.3, 0.4) is 0 Å². The van der Waals surface area contributed by atoms with E-state index in [2.05, 4.69) is 396 Å². The highest BCUT2D eigenvalue weighted by molar-refractivity contribution is 6.03. The predicted octanol–water partition coefficient (Wildman–Crippen LogP) is 25.2. The van der Waals surface area contributed by atoms with Crippen LogP contribution in [0.1, 0.15) is 0 Å². The summed E-state index contributed by atoms with van der Waals surface area (Å²) in [6, 6.07) is 136. The van der Waals surface area contributed by atoms with Gasteiger partial charge < -0.3 is 19.6 Å². The van der Waals surface area contributed by atoms with Crippen LogP contribution in [0.15, 0.2) is 376 Å². The molecule has 0 amide bonds. The van der Waals surface area contributed by atoms with Gasteiger partial charge in [-0.05, 0) is 176 Å². The van der Waals surface area contributed by atoms with Crippen molar-refractivity contribution in [2.45, 2.75) is 0 Å². The van der Waals surface area contributed by atoms with Crippen LogP contribution in [-0.4, -0.2) is 0 Å². The summed E-state index contributed by atoms with van der Waals surface area (Å²) in [5, 5.41) is 9.61. The van der Waals surface area contributed by atoms with Gasteiger partial charge in [-0.15, -0.1) is 0 Å². The molecule has 0 bridgehead atoms. The summed E-state index contributed by atoms with van der Waals surface area (Å²) in [6.07, 6.45) is 0. The molecule has 16 aromatic rings. The molecule has 4 nitrogen and oxygen atoms in total. The van der Waals surface area contributed by atoms with Gasteiger partial charge in [0.25, 0.3) is 0 Å². The first-order valence-corrected chi connectivity index (χ1v) is 31.5. The molecule has 92 heavy (non-hydrogen) atoms. The van der Waals surface area contributed by atoms with Crippen LogP contribution in [-0.2, 0) is 0 Å². The fourth-order valence-corrected chi connectivity index (χ4v) is 13.3. The smallest absolute Gasteiger partial charge is 0.0540 e. The Labute approximate surface area is 537 Å². The summed E-state index contributed by atoms with van der Waals surface area (Å²) in [4.78, 5) is 9.49. The molecule has 16 rings (SSSR count). The second-order valence-electron chi connectivity index (χ2n) is 23.3. The Balaban J connectivity index is 0.690. The highest BCUT2D eigenvalue weighted by atomic mass is 15.2. The lowest BCUT2D eigenvalue weighted by Crippen LogP contribution is -2.11. The summed E-state index contributed by atoms with van der Waals surface area (Å²) in [5.41, 5.74) is 20.1. The van der Waals surface area contributed by atoms with E-state index in [0.29, 0.717) is 0 Å². The van der Waals surface area contributed by atoms with Crippen molar-refractivity contribution in [3.8, 4) is 33.4 Å². The van der Waals surface area contributed by atoms with E-state index in [1.807, 2.05) is 0 Å². The van der Waals surface area contributed by atoms with Gasteiger partial charge in [0.1, 0.15) is 0 Å². The van der Waals surface area contributed by atoms with Gasteiger partial charge >= 0.3 is 0 Å². The summed E-state index contributed by atoms with van der Waals surface area (Å²) in [5.74, 6) is 0. The van der Waals surface area contributed by atoms with Crippen molar-refractivity contribution in [1.29, 1.82) is 0 Å². The molecule has 0 radical (unpaired) electrons. The van der Waals surface area contributed by atoms with E-state index in [0.717, 1.165) is 102 Å². The van der Waals surface area contributed by atoms with Crippen molar-refractivity contribution in [2.24, 2.45) is 0 Å². The lowest BCUT2D eigenvalue weighted by Gasteiger charge is -2.28. The SMILES string of the molecule is c1ccc(N(c2ccc(-c3ccc(N(c4ccc(-c5ccc(N(c6ccc(-c7ccc(N(c8ccccc8)c8cccc9ccccc89)cc7)cc6)c6cccc7ccccc67)cc5)cc4)c4cccc5ccccc45)cc3)cc2)c2cccc3ccccc23)cc1. The summed E-state index contributed by atoms with van der Waals surface area (Å²) < 4.78 is 0. The average molecular weight is 1180 g/mol. The minimum atomic E-state index is 1.07. The first-order valence-electron chi connectivity index (χ1n) is 31.5. The number of rotatable bonds is 15. The Kier molecular flexibility index (Phi) is 14.6. The fraction of sp³-hybridized carbons (Fsp3) is 0. The van der Waals surface area contributed by atoms with E-state index < -0.39 is 0 Å². The molecule has 16 aromatic carbocycles. The Hall–Kier alpha value is -12.2. The lowest BCUT2D eigenvalue weighted by molar-refractivity contribution is 1.29. The fourth-order valence-electron chi connectivity index (χ4n) is 13.3. The molecule has 0 aliphatic rings. The predicted molar refractivity (Wildman–Crippen MR) is 392 cm³/mol.